The number of aromatic amines is 2. The van der Waals surface area contributed by atoms with Gasteiger partial charge in [-0.25, -0.2) is 9.50 Å². The first kappa shape index (κ1) is 19.6. The maximum Gasteiger partial charge on any atom is 0.323 e. The summed E-state index contributed by atoms with van der Waals surface area (Å²) in [6, 6.07) is 6.93. The Labute approximate surface area is 183 Å². The number of nitrogens with one attached hydrogen (secondary N) is 2. The smallest absolute Gasteiger partial charge is 0.323 e. The lowest BCUT2D eigenvalue weighted by atomic mass is 9.93. The number of nitrogens with zero attached hydrogens (tertiary/aromatic N) is 6. The lowest BCUT2D eigenvalue weighted by molar-refractivity contribution is -0.148. The highest BCUT2D eigenvalue weighted by Gasteiger charge is 2.33. The number of hydrogen-bond acceptors (Lipinski definition) is 8. The fourth-order valence-electron chi connectivity index (χ4n) is 3.92. The molecule has 0 fully saturated rings. The third-order valence-electron chi connectivity index (χ3n) is 5.40. The van der Waals surface area contributed by atoms with Crippen LogP contribution < -0.4 is 5.56 Å². The molecule has 4 aromatic rings. The van der Waals surface area contributed by atoms with Gasteiger partial charge in [0.05, 0.1) is 18.4 Å². The summed E-state index contributed by atoms with van der Waals surface area (Å²) in [4.78, 5) is 31.8. The number of carbonyl (C=O) groups is 1. The number of tetrazole rings is 1. The van der Waals surface area contributed by atoms with Gasteiger partial charge in [0.15, 0.2) is 5.65 Å². The van der Waals surface area contributed by atoms with Crippen molar-refractivity contribution < 1.29 is 9.53 Å². The number of esters is 1. The van der Waals surface area contributed by atoms with Gasteiger partial charge in [0.1, 0.15) is 6.04 Å². The van der Waals surface area contributed by atoms with Crippen LogP contribution in [0.25, 0.3) is 17.0 Å². The van der Waals surface area contributed by atoms with Gasteiger partial charge in [-0.3, -0.25) is 19.6 Å². The van der Waals surface area contributed by atoms with E-state index in [0.717, 1.165) is 15.6 Å². The molecule has 1 unspecified atom stereocenters. The maximum atomic E-state index is 12.6. The number of methoxy groups -OCH3 is 1. The molecule has 31 heavy (non-hydrogen) atoms. The third-order valence-corrected chi connectivity index (χ3v) is 6.15. The standard InChI is InChI=1S/C19H17BrN8O3/c1-31-19(30)15-6-12-10(3-2-4-14(12)20)8-27(15)9-11-5-16(29)28-18(22-11)13(7-21-28)17-23-25-26-24-17/h2-5,7,15,21H,6,8-9H2,1H3,(H,23,24,25,26). The van der Waals surface area contributed by atoms with E-state index >= 15 is 0 Å². The number of hydrogen-bond donors (Lipinski definition) is 2. The van der Waals surface area contributed by atoms with Gasteiger partial charge in [-0.05, 0) is 22.4 Å². The fraction of sp³-hybridized carbons (Fsp3) is 0.263. The predicted octanol–water partition coefficient (Wildman–Crippen LogP) is 1.07. The summed E-state index contributed by atoms with van der Waals surface area (Å²) in [6.07, 6.45) is 2.10. The number of rotatable bonds is 4. The van der Waals surface area contributed by atoms with Crippen molar-refractivity contribution in [1.29, 1.82) is 0 Å². The van der Waals surface area contributed by atoms with Crippen molar-refractivity contribution in [2.45, 2.75) is 25.6 Å². The molecule has 158 valence electrons. The number of fused-ring (bicyclic) bond motifs is 2. The maximum absolute atomic E-state index is 12.6. The second-order valence-electron chi connectivity index (χ2n) is 7.19. The number of ether oxygens (including phenoxy) is 1. The highest BCUT2D eigenvalue weighted by atomic mass is 79.9. The highest BCUT2D eigenvalue weighted by molar-refractivity contribution is 9.10. The van der Waals surface area contributed by atoms with E-state index in [1.54, 1.807) is 6.20 Å². The van der Waals surface area contributed by atoms with E-state index in [2.05, 4.69) is 46.6 Å². The monoisotopic (exact) mass is 484 g/mol. The lowest BCUT2D eigenvalue weighted by Gasteiger charge is -2.35. The number of benzene rings is 1. The molecule has 0 saturated heterocycles. The number of halogens is 1. The van der Waals surface area contributed by atoms with E-state index in [1.165, 1.54) is 17.7 Å². The minimum absolute atomic E-state index is 0.274. The van der Waals surface area contributed by atoms with Crippen LogP contribution in [0.4, 0.5) is 0 Å². The summed E-state index contributed by atoms with van der Waals surface area (Å²) < 4.78 is 7.33. The van der Waals surface area contributed by atoms with Crippen LogP contribution in [-0.4, -0.2) is 59.2 Å². The molecule has 0 radical (unpaired) electrons. The zero-order chi connectivity index (χ0) is 21.5. The average Bonchev–Trinajstić information content (AvgIpc) is 3.43. The quantitative estimate of drug-likeness (QED) is 0.410. The molecule has 12 heteroatoms. The Morgan fingerprint density at radius 3 is 3.03 bits per heavy atom. The van der Waals surface area contributed by atoms with Crippen molar-refractivity contribution >= 4 is 27.5 Å². The molecule has 0 saturated carbocycles. The van der Waals surface area contributed by atoms with Crippen molar-refractivity contribution in [2.24, 2.45) is 0 Å². The Hall–Kier alpha value is -3.38. The minimum atomic E-state index is -0.487. The molecule has 5 rings (SSSR count). The Balaban J connectivity index is 1.54. The third kappa shape index (κ3) is 3.43. The zero-order valence-corrected chi connectivity index (χ0v) is 18.0. The van der Waals surface area contributed by atoms with Crippen molar-refractivity contribution in [3.8, 4) is 11.4 Å². The first-order valence-corrected chi connectivity index (χ1v) is 10.3. The molecular formula is C19H17BrN8O3. The van der Waals surface area contributed by atoms with Crippen LogP contribution in [0.5, 0.6) is 0 Å². The Morgan fingerprint density at radius 1 is 1.39 bits per heavy atom. The van der Waals surface area contributed by atoms with Crippen LogP contribution in [0, 0.1) is 0 Å². The van der Waals surface area contributed by atoms with E-state index in [0.29, 0.717) is 42.2 Å². The molecular weight excluding hydrogens is 468 g/mol. The normalized spacial score (nSPS) is 16.4. The number of aromatic nitrogens is 7. The minimum Gasteiger partial charge on any atom is -0.468 e. The molecule has 1 aliphatic heterocycles. The van der Waals surface area contributed by atoms with Crippen LogP contribution >= 0.6 is 15.9 Å². The summed E-state index contributed by atoms with van der Waals surface area (Å²) >= 11 is 3.58. The SMILES string of the molecule is COC(=O)C1Cc2c(Br)cccc2CN1Cc1cc(=O)n2[nH]cc(-c3nn[nH]n3)c2n1. The Morgan fingerprint density at radius 2 is 2.26 bits per heavy atom. The summed E-state index contributed by atoms with van der Waals surface area (Å²) in [5.74, 6) is 0.000297. The molecule has 0 spiro atoms. The fourth-order valence-corrected chi connectivity index (χ4v) is 4.49. The molecule has 3 aromatic heterocycles. The molecule has 0 aliphatic carbocycles. The topological polar surface area (TPSA) is 134 Å². The van der Waals surface area contributed by atoms with Crippen molar-refractivity contribution in [3.63, 3.8) is 0 Å². The largest absolute Gasteiger partial charge is 0.468 e. The van der Waals surface area contributed by atoms with Gasteiger partial charge in [-0.2, -0.15) is 5.21 Å². The summed E-state index contributed by atoms with van der Waals surface area (Å²) in [6.45, 7) is 0.828. The molecule has 1 aromatic carbocycles. The van der Waals surface area contributed by atoms with Gasteiger partial charge in [0.2, 0.25) is 5.82 Å². The van der Waals surface area contributed by atoms with Crippen LogP contribution in [0.3, 0.4) is 0 Å². The van der Waals surface area contributed by atoms with E-state index in [1.807, 2.05) is 23.1 Å². The molecule has 0 amide bonds. The van der Waals surface area contributed by atoms with Gasteiger partial charge in [-0.15, -0.1) is 10.2 Å². The van der Waals surface area contributed by atoms with E-state index < -0.39 is 6.04 Å². The van der Waals surface area contributed by atoms with Crippen LogP contribution in [0.2, 0.25) is 0 Å². The van der Waals surface area contributed by atoms with E-state index in [4.69, 9.17) is 4.74 Å². The summed E-state index contributed by atoms with van der Waals surface area (Å²) in [5, 5.41) is 16.7. The van der Waals surface area contributed by atoms with Gasteiger partial charge in [0, 0.05) is 36.2 Å². The number of carbonyl (C=O) groups excluding carboxylic acids is 1. The molecule has 11 nitrogen and oxygen atoms in total. The van der Waals surface area contributed by atoms with Gasteiger partial charge in [0.25, 0.3) is 5.56 Å². The lowest BCUT2D eigenvalue weighted by Crippen LogP contribution is -2.46. The van der Waals surface area contributed by atoms with Gasteiger partial charge in [-0.1, -0.05) is 28.1 Å². The van der Waals surface area contributed by atoms with Gasteiger partial charge >= 0.3 is 5.97 Å². The van der Waals surface area contributed by atoms with Crippen molar-refractivity contribution in [3.05, 3.63) is 62.1 Å². The molecule has 1 aliphatic rings. The predicted molar refractivity (Wildman–Crippen MR) is 112 cm³/mol. The molecule has 1 atom stereocenters. The van der Waals surface area contributed by atoms with Crippen LogP contribution in [0.1, 0.15) is 16.8 Å². The highest BCUT2D eigenvalue weighted by Crippen LogP contribution is 2.30. The van der Waals surface area contributed by atoms with Crippen molar-refractivity contribution in [1.82, 2.24) is 40.1 Å². The van der Waals surface area contributed by atoms with Crippen LogP contribution in [0.15, 0.2) is 39.7 Å². The Bertz CT molecular complexity index is 1330. The summed E-state index contributed by atoms with van der Waals surface area (Å²) in [5.41, 5.74) is 3.39. The first-order valence-electron chi connectivity index (χ1n) is 9.47. The molecule has 4 heterocycles. The Kier molecular flexibility index (Phi) is 4.87. The summed E-state index contributed by atoms with van der Waals surface area (Å²) in [7, 11) is 1.38. The molecule has 0 bridgehead atoms. The van der Waals surface area contributed by atoms with Gasteiger partial charge < -0.3 is 4.74 Å². The van der Waals surface area contributed by atoms with E-state index in [-0.39, 0.29) is 11.5 Å². The zero-order valence-electron chi connectivity index (χ0n) is 16.4. The average molecular weight is 485 g/mol. The second kappa shape index (κ2) is 7.71. The second-order valence-corrected chi connectivity index (χ2v) is 8.05. The van der Waals surface area contributed by atoms with Crippen LogP contribution in [-0.2, 0) is 29.0 Å². The number of H-pyrrole nitrogens is 2. The van der Waals surface area contributed by atoms with E-state index in [9.17, 15) is 9.59 Å². The first-order chi connectivity index (χ1) is 15.0. The molecule has 2 N–H and O–H groups in total. The van der Waals surface area contributed by atoms with Crippen molar-refractivity contribution in [2.75, 3.05) is 7.11 Å².